The molecule has 0 radical (unpaired) electrons. The molecule has 2 rings (SSSR count). The van der Waals surface area contributed by atoms with E-state index in [2.05, 4.69) is 15.5 Å². The van der Waals surface area contributed by atoms with Gasteiger partial charge in [-0.15, -0.1) is 0 Å². The van der Waals surface area contributed by atoms with E-state index in [1.165, 1.54) is 25.8 Å². The molecule has 0 aromatic heterocycles. The van der Waals surface area contributed by atoms with Crippen molar-refractivity contribution in [2.45, 2.75) is 64.6 Å². The number of amides is 2. The number of nitrogens with one attached hydrogen (secondary N) is 2. The van der Waals surface area contributed by atoms with Crippen LogP contribution in [0.25, 0.3) is 0 Å². The summed E-state index contributed by atoms with van der Waals surface area (Å²) in [5.74, 6) is 0. The van der Waals surface area contributed by atoms with E-state index in [0.717, 1.165) is 13.0 Å². The molecule has 0 bridgehead atoms. The number of carbonyl (C=O) groups is 1. The molecule has 2 heterocycles. The fourth-order valence-corrected chi connectivity index (χ4v) is 3.13. The first-order valence-corrected chi connectivity index (χ1v) is 7.84. The molecular formula is C15H29N3O2. The van der Waals surface area contributed by atoms with Crippen LogP contribution < -0.4 is 10.6 Å². The number of hydrogen-bond acceptors (Lipinski definition) is 3. The monoisotopic (exact) mass is 283 g/mol. The van der Waals surface area contributed by atoms with Crippen LogP contribution in [-0.4, -0.2) is 53.9 Å². The lowest BCUT2D eigenvalue weighted by atomic mass is 9.89. The van der Waals surface area contributed by atoms with E-state index in [0.29, 0.717) is 12.6 Å². The van der Waals surface area contributed by atoms with Crippen LogP contribution in [0.5, 0.6) is 0 Å². The van der Waals surface area contributed by atoms with Crippen molar-refractivity contribution in [3.05, 3.63) is 0 Å². The van der Waals surface area contributed by atoms with Crippen molar-refractivity contribution < 1.29 is 9.90 Å². The minimum Gasteiger partial charge on any atom is -0.391 e. The van der Waals surface area contributed by atoms with Crippen molar-refractivity contribution >= 4 is 6.03 Å². The summed E-state index contributed by atoms with van der Waals surface area (Å²) in [5.41, 5.74) is -0.208. The second kappa shape index (κ2) is 6.31. The maximum atomic E-state index is 12.0. The van der Waals surface area contributed by atoms with Crippen molar-refractivity contribution in [1.29, 1.82) is 0 Å². The van der Waals surface area contributed by atoms with Crippen molar-refractivity contribution in [2.24, 2.45) is 5.41 Å². The predicted octanol–water partition coefficient (Wildman–Crippen LogP) is 1.32. The minimum atomic E-state index is -0.525. The maximum absolute atomic E-state index is 12.0. The Morgan fingerprint density at radius 2 is 2.05 bits per heavy atom. The minimum absolute atomic E-state index is 0.147. The van der Waals surface area contributed by atoms with Crippen molar-refractivity contribution in [3.63, 3.8) is 0 Å². The molecule has 2 saturated heterocycles. The van der Waals surface area contributed by atoms with Crippen molar-refractivity contribution in [2.75, 3.05) is 19.6 Å². The molecule has 0 aromatic carbocycles. The van der Waals surface area contributed by atoms with E-state index >= 15 is 0 Å². The van der Waals surface area contributed by atoms with Crippen molar-refractivity contribution in [3.8, 4) is 0 Å². The largest absolute Gasteiger partial charge is 0.391 e. The highest BCUT2D eigenvalue weighted by Gasteiger charge is 2.36. The van der Waals surface area contributed by atoms with Crippen LogP contribution in [0.2, 0.25) is 0 Å². The first kappa shape index (κ1) is 15.6. The highest BCUT2D eigenvalue weighted by atomic mass is 16.3. The van der Waals surface area contributed by atoms with Crippen LogP contribution in [0.4, 0.5) is 4.79 Å². The van der Waals surface area contributed by atoms with Crippen LogP contribution in [0.15, 0.2) is 0 Å². The van der Waals surface area contributed by atoms with Gasteiger partial charge in [0.1, 0.15) is 0 Å². The molecule has 2 aliphatic heterocycles. The molecule has 0 aromatic rings. The Morgan fingerprint density at radius 3 is 2.75 bits per heavy atom. The van der Waals surface area contributed by atoms with E-state index < -0.39 is 6.10 Å². The second-order valence-corrected chi connectivity index (χ2v) is 7.23. The number of aliphatic hydroxyl groups excluding tert-OH is 1. The third-order valence-electron chi connectivity index (χ3n) is 4.63. The summed E-state index contributed by atoms with van der Waals surface area (Å²) >= 11 is 0. The molecule has 5 nitrogen and oxygen atoms in total. The summed E-state index contributed by atoms with van der Waals surface area (Å²) in [6.07, 6.45) is 4.26. The van der Waals surface area contributed by atoms with Crippen LogP contribution in [0, 0.1) is 5.41 Å². The molecule has 20 heavy (non-hydrogen) atoms. The molecule has 2 aliphatic rings. The molecule has 0 aliphatic carbocycles. The normalized spacial score (nSPS) is 28.8. The van der Waals surface area contributed by atoms with E-state index in [-0.39, 0.29) is 17.5 Å². The Balaban J connectivity index is 1.75. The van der Waals surface area contributed by atoms with Gasteiger partial charge in [0, 0.05) is 25.2 Å². The number of hydrogen-bond donors (Lipinski definition) is 3. The zero-order valence-corrected chi connectivity index (χ0v) is 13.0. The molecule has 116 valence electrons. The molecule has 0 saturated carbocycles. The lowest BCUT2D eigenvalue weighted by Crippen LogP contribution is -2.51. The van der Waals surface area contributed by atoms with Crippen LogP contribution in [0.1, 0.15) is 46.5 Å². The van der Waals surface area contributed by atoms with Gasteiger partial charge in [-0.3, -0.25) is 4.90 Å². The van der Waals surface area contributed by atoms with Gasteiger partial charge in [-0.2, -0.15) is 0 Å². The lowest BCUT2D eigenvalue weighted by Gasteiger charge is -2.32. The summed E-state index contributed by atoms with van der Waals surface area (Å²) in [6, 6.07) is 0.634. The molecule has 2 fully saturated rings. The van der Waals surface area contributed by atoms with E-state index in [9.17, 15) is 9.90 Å². The summed E-state index contributed by atoms with van der Waals surface area (Å²) in [7, 11) is 0. The van der Waals surface area contributed by atoms with Gasteiger partial charge in [0.2, 0.25) is 0 Å². The maximum Gasteiger partial charge on any atom is 0.315 e. The molecule has 3 atom stereocenters. The third kappa shape index (κ3) is 3.85. The number of urea groups is 1. The van der Waals surface area contributed by atoms with E-state index in [4.69, 9.17) is 0 Å². The number of piperidine rings is 1. The van der Waals surface area contributed by atoms with Gasteiger partial charge in [0.05, 0.1) is 6.10 Å². The van der Waals surface area contributed by atoms with Crippen LogP contribution >= 0.6 is 0 Å². The first-order valence-electron chi connectivity index (χ1n) is 7.84. The molecule has 3 unspecified atom stereocenters. The number of fused-ring (bicyclic) bond motifs is 1. The Morgan fingerprint density at radius 1 is 1.30 bits per heavy atom. The number of carbonyl (C=O) groups excluding carboxylic acids is 1. The Hall–Kier alpha value is -0.810. The van der Waals surface area contributed by atoms with E-state index in [1.807, 2.05) is 20.8 Å². The standard InChI is InChI=1S/C15H29N3O2/c1-15(2,3)13(19)10-16-14(20)17-11-7-9-18-8-5-4-6-12(11)18/h11-13,19H,4-10H2,1-3H3,(H2,16,17,20). The van der Waals surface area contributed by atoms with Gasteiger partial charge < -0.3 is 15.7 Å². The Bertz CT molecular complexity index is 341. The molecule has 2 amide bonds. The zero-order valence-electron chi connectivity index (χ0n) is 13.0. The highest BCUT2D eigenvalue weighted by molar-refractivity contribution is 5.74. The fourth-order valence-electron chi connectivity index (χ4n) is 3.13. The summed E-state index contributed by atoms with van der Waals surface area (Å²) in [6.45, 7) is 8.47. The molecular weight excluding hydrogens is 254 g/mol. The van der Waals surface area contributed by atoms with Crippen LogP contribution in [-0.2, 0) is 0 Å². The highest BCUT2D eigenvalue weighted by Crippen LogP contribution is 2.27. The van der Waals surface area contributed by atoms with Gasteiger partial charge in [-0.25, -0.2) is 4.79 Å². The van der Waals surface area contributed by atoms with Gasteiger partial charge >= 0.3 is 6.03 Å². The quantitative estimate of drug-likeness (QED) is 0.732. The molecule has 5 heteroatoms. The summed E-state index contributed by atoms with van der Waals surface area (Å²) in [5, 5.41) is 15.8. The third-order valence-corrected chi connectivity index (χ3v) is 4.63. The Labute approximate surface area is 122 Å². The zero-order chi connectivity index (χ0) is 14.8. The molecule has 0 spiro atoms. The molecule has 3 N–H and O–H groups in total. The second-order valence-electron chi connectivity index (χ2n) is 7.23. The SMILES string of the molecule is CC(C)(C)C(O)CNC(=O)NC1CCN2CCCCC12. The predicted molar refractivity (Wildman–Crippen MR) is 79.6 cm³/mol. The topological polar surface area (TPSA) is 64.6 Å². The number of aliphatic hydroxyl groups is 1. The van der Waals surface area contributed by atoms with Gasteiger partial charge in [0.25, 0.3) is 0 Å². The summed E-state index contributed by atoms with van der Waals surface area (Å²) < 4.78 is 0. The lowest BCUT2D eigenvalue weighted by molar-refractivity contribution is 0.0648. The van der Waals surface area contributed by atoms with Crippen molar-refractivity contribution in [1.82, 2.24) is 15.5 Å². The Kier molecular flexibility index (Phi) is 4.91. The average Bonchev–Trinajstić information content (AvgIpc) is 2.78. The van der Waals surface area contributed by atoms with Crippen LogP contribution in [0.3, 0.4) is 0 Å². The number of rotatable bonds is 3. The average molecular weight is 283 g/mol. The van der Waals surface area contributed by atoms with E-state index in [1.54, 1.807) is 0 Å². The summed E-state index contributed by atoms with van der Waals surface area (Å²) in [4.78, 5) is 14.5. The fraction of sp³-hybridized carbons (Fsp3) is 0.933. The van der Waals surface area contributed by atoms with Gasteiger partial charge in [-0.1, -0.05) is 27.2 Å². The van der Waals surface area contributed by atoms with Gasteiger partial charge in [0.15, 0.2) is 0 Å². The van der Waals surface area contributed by atoms with Gasteiger partial charge in [-0.05, 0) is 31.2 Å². The number of nitrogens with zero attached hydrogens (tertiary/aromatic N) is 1. The smallest absolute Gasteiger partial charge is 0.315 e. The first-order chi connectivity index (χ1) is 9.38.